The topological polar surface area (TPSA) is 17.8 Å². The van der Waals surface area contributed by atoms with Crippen molar-refractivity contribution in [2.24, 2.45) is 0 Å². The van der Waals surface area contributed by atoms with E-state index in [1.54, 1.807) is 0 Å². The number of fused-ring (bicyclic) bond motifs is 1. The molecule has 0 N–H and O–H groups in total. The molecule has 0 atom stereocenters. The number of hydrogen-bond donors (Lipinski definition) is 0. The highest BCUT2D eigenvalue weighted by Gasteiger charge is 2.10. The number of hydrogen-bond acceptors (Lipinski definition) is 1. The highest BCUT2D eigenvalue weighted by Crippen LogP contribution is 2.27. The van der Waals surface area contributed by atoms with Gasteiger partial charge >= 0.3 is 0 Å². The molecule has 0 unspecified atom stereocenters. The summed E-state index contributed by atoms with van der Waals surface area (Å²) in [5.74, 6) is 0.892. The van der Waals surface area contributed by atoms with E-state index in [2.05, 4.69) is 52.0 Å². The molecule has 4 aromatic rings. The predicted octanol–water partition coefficient (Wildman–Crippen LogP) is 5.41. The first kappa shape index (κ1) is 14.0. The van der Waals surface area contributed by atoms with E-state index in [1.807, 2.05) is 36.7 Å². The van der Waals surface area contributed by atoms with Gasteiger partial charge in [0.05, 0.1) is 5.02 Å². The van der Waals surface area contributed by atoms with E-state index in [0.717, 1.165) is 23.0 Å². The van der Waals surface area contributed by atoms with Crippen molar-refractivity contribution in [3.05, 3.63) is 89.7 Å². The lowest BCUT2D eigenvalue weighted by atomic mass is 10.0. The number of aromatic nitrogens is 2. The van der Waals surface area contributed by atoms with E-state index in [-0.39, 0.29) is 0 Å². The number of nitrogens with zero attached hydrogens (tertiary/aromatic N) is 2. The van der Waals surface area contributed by atoms with Crippen LogP contribution in [0.25, 0.3) is 22.2 Å². The zero-order chi connectivity index (χ0) is 15.6. The van der Waals surface area contributed by atoms with E-state index in [9.17, 15) is 0 Å². The van der Waals surface area contributed by atoms with Crippen LogP contribution < -0.4 is 0 Å². The van der Waals surface area contributed by atoms with Gasteiger partial charge in [-0.2, -0.15) is 0 Å². The zero-order valence-electron chi connectivity index (χ0n) is 12.5. The van der Waals surface area contributed by atoms with E-state index in [1.165, 1.54) is 16.3 Å². The molecule has 0 fully saturated rings. The minimum Gasteiger partial charge on any atom is -0.326 e. The summed E-state index contributed by atoms with van der Waals surface area (Å²) in [7, 11) is 0. The standard InChI is InChI=1S/C20H15ClN2/c21-19-11-4-3-10-18(19)20-22-12-13-23(20)14-16-8-5-7-15-6-1-2-9-17(15)16/h1-13H,14H2. The Bertz CT molecular complexity index is 967. The van der Waals surface area contributed by atoms with Gasteiger partial charge in [-0.05, 0) is 28.5 Å². The fourth-order valence-electron chi connectivity index (χ4n) is 2.94. The van der Waals surface area contributed by atoms with Crippen molar-refractivity contribution in [1.82, 2.24) is 9.55 Å². The SMILES string of the molecule is Clc1ccccc1-c1nccn1Cc1cccc2ccccc12. The summed E-state index contributed by atoms with van der Waals surface area (Å²) in [4.78, 5) is 4.50. The fourth-order valence-corrected chi connectivity index (χ4v) is 3.16. The van der Waals surface area contributed by atoms with Crippen molar-refractivity contribution < 1.29 is 0 Å². The van der Waals surface area contributed by atoms with E-state index in [4.69, 9.17) is 11.6 Å². The Balaban J connectivity index is 1.79. The van der Waals surface area contributed by atoms with Gasteiger partial charge in [-0.25, -0.2) is 4.98 Å². The van der Waals surface area contributed by atoms with E-state index < -0.39 is 0 Å². The average Bonchev–Trinajstić information content (AvgIpc) is 3.04. The normalized spacial score (nSPS) is 11.0. The van der Waals surface area contributed by atoms with Crippen LogP contribution in [0.1, 0.15) is 5.56 Å². The van der Waals surface area contributed by atoms with Crippen molar-refractivity contribution in [3.8, 4) is 11.4 Å². The van der Waals surface area contributed by atoms with Crippen molar-refractivity contribution in [1.29, 1.82) is 0 Å². The minimum absolute atomic E-state index is 0.720. The molecular formula is C20H15ClN2. The van der Waals surface area contributed by atoms with Crippen molar-refractivity contribution in [3.63, 3.8) is 0 Å². The van der Waals surface area contributed by atoms with Gasteiger partial charge in [0.25, 0.3) is 0 Å². The fraction of sp³-hybridized carbons (Fsp3) is 0.0500. The van der Waals surface area contributed by atoms with Gasteiger partial charge in [-0.3, -0.25) is 0 Å². The maximum absolute atomic E-state index is 6.33. The van der Waals surface area contributed by atoms with Crippen LogP contribution in [0.4, 0.5) is 0 Å². The largest absolute Gasteiger partial charge is 0.326 e. The molecule has 0 radical (unpaired) electrons. The van der Waals surface area contributed by atoms with Gasteiger partial charge in [0.1, 0.15) is 5.82 Å². The third-order valence-corrected chi connectivity index (χ3v) is 4.38. The number of benzene rings is 3. The van der Waals surface area contributed by atoms with E-state index in [0.29, 0.717) is 0 Å². The molecule has 112 valence electrons. The summed E-state index contributed by atoms with van der Waals surface area (Å²) in [5, 5.41) is 3.25. The van der Waals surface area contributed by atoms with Crippen LogP contribution in [-0.2, 0) is 6.54 Å². The molecule has 3 heteroatoms. The smallest absolute Gasteiger partial charge is 0.141 e. The second-order valence-corrected chi connectivity index (χ2v) is 5.90. The minimum atomic E-state index is 0.720. The first-order valence-corrected chi connectivity index (χ1v) is 7.93. The maximum Gasteiger partial charge on any atom is 0.141 e. The molecule has 3 aromatic carbocycles. The molecule has 1 aromatic heterocycles. The molecule has 4 rings (SSSR count). The zero-order valence-corrected chi connectivity index (χ0v) is 13.2. The molecule has 1 heterocycles. The highest BCUT2D eigenvalue weighted by molar-refractivity contribution is 6.33. The first-order valence-electron chi connectivity index (χ1n) is 7.55. The molecule has 0 aliphatic carbocycles. The Hall–Kier alpha value is -2.58. The number of imidazole rings is 1. The van der Waals surface area contributed by atoms with E-state index >= 15 is 0 Å². The second kappa shape index (κ2) is 5.90. The molecule has 0 saturated carbocycles. The Morgan fingerprint density at radius 3 is 2.57 bits per heavy atom. The lowest BCUT2D eigenvalue weighted by Crippen LogP contribution is -2.02. The van der Waals surface area contributed by atoms with Gasteiger partial charge in [-0.1, -0.05) is 66.2 Å². The molecule has 0 saturated heterocycles. The first-order chi connectivity index (χ1) is 11.3. The van der Waals surface area contributed by atoms with Crippen LogP contribution in [0.5, 0.6) is 0 Å². The third kappa shape index (κ3) is 2.62. The molecule has 0 aliphatic rings. The lowest BCUT2D eigenvalue weighted by molar-refractivity contribution is 0.812. The molecule has 2 nitrogen and oxygen atoms in total. The summed E-state index contributed by atoms with van der Waals surface area (Å²) in [6.07, 6.45) is 3.82. The molecule has 0 spiro atoms. The van der Waals surface area contributed by atoms with Crippen LogP contribution in [0.2, 0.25) is 5.02 Å². The summed E-state index contributed by atoms with van der Waals surface area (Å²) >= 11 is 6.33. The predicted molar refractivity (Wildman–Crippen MR) is 95.7 cm³/mol. The Morgan fingerprint density at radius 1 is 0.870 bits per heavy atom. The van der Waals surface area contributed by atoms with Crippen LogP contribution in [0.3, 0.4) is 0 Å². The van der Waals surface area contributed by atoms with Crippen molar-refractivity contribution in [2.45, 2.75) is 6.54 Å². The van der Waals surface area contributed by atoms with Gasteiger partial charge in [-0.15, -0.1) is 0 Å². The highest BCUT2D eigenvalue weighted by atomic mass is 35.5. The van der Waals surface area contributed by atoms with Gasteiger partial charge in [0, 0.05) is 24.5 Å². The van der Waals surface area contributed by atoms with Gasteiger partial charge < -0.3 is 4.57 Å². The maximum atomic E-state index is 6.33. The number of halogens is 1. The summed E-state index contributed by atoms with van der Waals surface area (Å²) in [6.45, 7) is 0.766. The Morgan fingerprint density at radius 2 is 1.65 bits per heavy atom. The lowest BCUT2D eigenvalue weighted by Gasteiger charge is -2.11. The molecule has 0 bridgehead atoms. The average molecular weight is 319 g/mol. The molecule has 23 heavy (non-hydrogen) atoms. The summed E-state index contributed by atoms with van der Waals surface area (Å²) in [5.41, 5.74) is 2.23. The van der Waals surface area contributed by atoms with Crippen LogP contribution in [0, 0.1) is 0 Å². The quantitative estimate of drug-likeness (QED) is 0.494. The Labute approximate surface area is 140 Å². The summed E-state index contributed by atoms with van der Waals surface area (Å²) < 4.78 is 2.14. The molecular weight excluding hydrogens is 304 g/mol. The Kier molecular flexibility index (Phi) is 3.60. The second-order valence-electron chi connectivity index (χ2n) is 5.50. The molecule has 0 amide bonds. The number of rotatable bonds is 3. The monoisotopic (exact) mass is 318 g/mol. The van der Waals surface area contributed by atoms with Crippen LogP contribution >= 0.6 is 11.6 Å². The van der Waals surface area contributed by atoms with Crippen molar-refractivity contribution in [2.75, 3.05) is 0 Å². The summed E-state index contributed by atoms with van der Waals surface area (Å²) in [6, 6.07) is 22.7. The van der Waals surface area contributed by atoms with Crippen LogP contribution in [-0.4, -0.2) is 9.55 Å². The van der Waals surface area contributed by atoms with Crippen molar-refractivity contribution >= 4 is 22.4 Å². The van der Waals surface area contributed by atoms with Gasteiger partial charge in [0.2, 0.25) is 0 Å². The van der Waals surface area contributed by atoms with Gasteiger partial charge in [0.15, 0.2) is 0 Å². The van der Waals surface area contributed by atoms with Crippen LogP contribution in [0.15, 0.2) is 79.1 Å². The molecule has 0 aliphatic heterocycles. The third-order valence-electron chi connectivity index (χ3n) is 4.05.